The number of Topliss-reactive ketones (excluding diaryl/α,β-unsaturated/α-hetero) is 1. The minimum absolute atomic E-state index is 0.0661. The summed E-state index contributed by atoms with van der Waals surface area (Å²) in [5.41, 5.74) is 11.9. The fourth-order valence-electron chi connectivity index (χ4n) is 7.27. The van der Waals surface area contributed by atoms with Crippen LogP contribution in [0.25, 0.3) is 12.2 Å². The van der Waals surface area contributed by atoms with Crippen LogP contribution in [0.5, 0.6) is 28.7 Å². The van der Waals surface area contributed by atoms with Gasteiger partial charge in [0.1, 0.15) is 29.5 Å². The van der Waals surface area contributed by atoms with E-state index in [1.807, 2.05) is 44.2 Å². The molecule has 2 aliphatic rings. The molecule has 1 aliphatic carbocycles. The smallest absolute Gasteiger partial charge is 0.181 e. The third-order valence-electron chi connectivity index (χ3n) is 10.1. The van der Waals surface area contributed by atoms with E-state index < -0.39 is 0 Å². The number of carbonyl (C=O) groups is 1. The van der Waals surface area contributed by atoms with Gasteiger partial charge in [-0.1, -0.05) is 37.6 Å². The first-order valence-corrected chi connectivity index (χ1v) is 17.4. The number of ketones is 1. The molecular weight excluding hydrogens is 628 g/mol. The van der Waals surface area contributed by atoms with Crippen LogP contribution in [-0.2, 0) is 12.8 Å². The number of carbonyl (C=O) groups excluding carboxylic acids is 1. The second-order valence-corrected chi connectivity index (χ2v) is 14.6. The van der Waals surface area contributed by atoms with Crippen molar-refractivity contribution >= 4 is 17.9 Å². The molecule has 0 bridgehead atoms. The minimum atomic E-state index is -0.204. The van der Waals surface area contributed by atoms with Gasteiger partial charge in [-0.25, -0.2) is 0 Å². The molecule has 5 rings (SSSR count). The van der Waals surface area contributed by atoms with E-state index in [1.165, 1.54) is 6.42 Å². The van der Waals surface area contributed by atoms with Gasteiger partial charge in [0, 0.05) is 23.2 Å². The summed E-state index contributed by atoms with van der Waals surface area (Å²) in [5.74, 6) is 3.28. The van der Waals surface area contributed by atoms with Gasteiger partial charge >= 0.3 is 0 Å². The molecule has 0 saturated heterocycles. The third-order valence-corrected chi connectivity index (χ3v) is 10.1. The quantitative estimate of drug-likeness (QED) is 0.0940. The highest BCUT2D eigenvalue weighted by molar-refractivity contribution is 5.97. The summed E-state index contributed by atoms with van der Waals surface area (Å²) >= 11 is 0. The molecule has 2 atom stereocenters. The monoisotopic (exact) mass is 680 g/mol. The Labute approximate surface area is 297 Å². The Bertz CT molecular complexity index is 1780. The molecule has 8 nitrogen and oxygen atoms in total. The molecule has 50 heavy (non-hydrogen) atoms. The maximum Gasteiger partial charge on any atom is 0.181 e. The molecule has 1 fully saturated rings. The Balaban J connectivity index is 1.33. The van der Waals surface area contributed by atoms with Gasteiger partial charge in [0.05, 0.1) is 26.5 Å². The number of allylic oxidation sites excluding steroid dienone is 2. The van der Waals surface area contributed by atoms with E-state index in [-0.39, 0.29) is 35.7 Å². The SMILES string of the molecule is COc1ccc(C(=O)CN/C=C(\N)COc2cc(/C=C/c3cc4c(c(OC)c3)O[C@]3(C)CCCC(C)(C)C3C4)cc(O)c2CC=C(C)C)cc1. The number of hydrogen-bond donors (Lipinski definition) is 3. The number of aromatic hydroxyl groups is 1. The van der Waals surface area contributed by atoms with E-state index in [9.17, 15) is 9.90 Å². The van der Waals surface area contributed by atoms with Gasteiger partial charge in [-0.05, 0) is 124 Å². The number of phenols is 1. The lowest BCUT2D eigenvalue weighted by Gasteiger charge is -2.53. The topological polar surface area (TPSA) is 112 Å². The van der Waals surface area contributed by atoms with E-state index in [0.717, 1.165) is 53.0 Å². The molecule has 4 N–H and O–H groups in total. The van der Waals surface area contributed by atoms with Gasteiger partial charge in [-0.15, -0.1) is 0 Å². The lowest BCUT2D eigenvalue weighted by atomic mass is 9.59. The third kappa shape index (κ3) is 8.47. The number of hydrogen-bond acceptors (Lipinski definition) is 8. The standard InChI is InChI=1S/C42H52N2O6/c1-27(2)9-16-34-35(45)20-29(21-37(34)49-26-32(43)24-44-25-36(46)30-12-14-33(47-6)15-13-30)11-10-28-19-31-23-39-41(3,4)17-8-18-42(39,5)50-40(31)38(22-28)48-7/h9-15,19-22,24,39,44-45H,8,16-18,23,25-26,43H2,1-7H3/b11-10+,32-24-/t39?,42-/m1/s1. The molecule has 1 unspecified atom stereocenters. The maximum atomic E-state index is 12.6. The Morgan fingerprint density at radius 3 is 2.38 bits per heavy atom. The van der Waals surface area contributed by atoms with Crippen molar-refractivity contribution in [2.75, 3.05) is 27.4 Å². The van der Waals surface area contributed by atoms with Crippen LogP contribution >= 0.6 is 0 Å². The molecule has 0 amide bonds. The van der Waals surface area contributed by atoms with Gasteiger partial charge in [-0.3, -0.25) is 4.79 Å². The Kier molecular flexibility index (Phi) is 11.2. The zero-order chi connectivity index (χ0) is 36.1. The Morgan fingerprint density at radius 2 is 1.70 bits per heavy atom. The van der Waals surface area contributed by atoms with Crippen LogP contribution in [0.2, 0.25) is 0 Å². The van der Waals surface area contributed by atoms with Gasteiger partial charge < -0.3 is 35.1 Å². The number of nitrogens with two attached hydrogens (primary N) is 1. The van der Waals surface area contributed by atoms with E-state index in [4.69, 9.17) is 24.7 Å². The minimum Gasteiger partial charge on any atom is -0.507 e. The van der Waals surface area contributed by atoms with Gasteiger partial charge in [0.2, 0.25) is 0 Å². The van der Waals surface area contributed by atoms with Crippen LogP contribution in [-0.4, -0.2) is 43.9 Å². The number of benzene rings is 3. The zero-order valence-electron chi connectivity index (χ0n) is 30.5. The van der Waals surface area contributed by atoms with Crippen LogP contribution in [0.1, 0.15) is 86.5 Å². The molecule has 8 heteroatoms. The highest BCUT2D eigenvalue weighted by Gasteiger charge is 2.51. The Morgan fingerprint density at radius 1 is 1.00 bits per heavy atom. The van der Waals surface area contributed by atoms with Crippen molar-refractivity contribution in [3.63, 3.8) is 0 Å². The number of phenolic OH excluding ortho intramolecular Hbond substituents is 1. The van der Waals surface area contributed by atoms with Crippen LogP contribution in [0.4, 0.5) is 0 Å². The zero-order valence-corrected chi connectivity index (χ0v) is 30.5. The predicted octanol–water partition coefficient (Wildman–Crippen LogP) is 8.26. The molecule has 3 aromatic rings. The van der Waals surface area contributed by atoms with Crippen molar-refractivity contribution in [2.45, 2.75) is 72.3 Å². The summed E-state index contributed by atoms with van der Waals surface area (Å²) in [6, 6.07) is 14.8. The lowest BCUT2D eigenvalue weighted by Crippen LogP contribution is -2.54. The van der Waals surface area contributed by atoms with Crippen LogP contribution in [0, 0.1) is 11.3 Å². The normalized spacial score (nSPS) is 19.5. The largest absolute Gasteiger partial charge is 0.507 e. The second-order valence-electron chi connectivity index (χ2n) is 14.6. The number of methoxy groups -OCH3 is 2. The molecular formula is C42H52N2O6. The van der Waals surface area contributed by atoms with Crippen molar-refractivity contribution < 1.29 is 28.8 Å². The average Bonchev–Trinajstić information content (AvgIpc) is 3.08. The molecule has 3 aromatic carbocycles. The fourth-order valence-corrected chi connectivity index (χ4v) is 7.27. The Hall–Kier alpha value is -4.85. The summed E-state index contributed by atoms with van der Waals surface area (Å²) < 4.78 is 23.9. The van der Waals surface area contributed by atoms with Crippen molar-refractivity contribution in [1.82, 2.24) is 5.32 Å². The second kappa shape index (κ2) is 15.4. The van der Waals surface area contributed by atoms with Crippen molar-refractivity contribution in [2.24, 2.45) is 17.1 Å². The first kappa shape index (κ1) is 36.4. The summed E-state index contributed by atoms with van der Waals surface area (Å²) in [7, 11) is 3.27. The van der Waals surface area contributed by atoms with Gasteiger partial charge in [0.15, 0.2) is 17.3 Å². The van der Waals surface area contributed by atoms with Crippen LogP contribution in [0.3, 0.4) is 0 Å². The van der Waals surface area contributed by atoms with Crippen molar-refractivity contribution in [3.8, 4) is 28.7 Å². The molecule has 266 valence electrons. The highest BCUT2D eigenvalue weighted by Crippen LogP contribution is 2.54. The summed E-state index contributed by atoms with van der Waals surface area (Å²) in [5, 5.41) is 14.1. The molecule has 1 saturated carbocycles. The van der Waals surface area contributed by atoms with E-state index in [2.05, 4.69) is 32.2 Å². The fraction of sp³-hybridized carbons (Fsp3) is 0.405. The predicted molar refractivity (Wildman–Crippen MR) is 200 cm³/mol. The molecule has 1 heterocycles. The van der Waals surface area contributed by atoms with Crippen LogP contribution < -0.4 is 30.0 Å². The van der Waals surface area contributed by atoms with Crippen LogP contribution in [0.15, 0.2) is 72.1 Å². The summed E-state index contributed by atoms with van der Waals surface area (Å²) in [4.78, 5) is 12.6. The maximum absolute atomic E-state index is 12.6. The summed E-state index contributed by atoms with van der Waals surface area (Å²) in [6.45, 7) is 11.2. The first-order chi connectivity index (χ1) is 23.8. The summed E-state index contributed by atoms with van der Waals surface area (Å²) in [6.07, 6.45) is 12.5. The molecule has 0 spiro atoms. The number of fused-ring (bicyclic) bond motifs is 2. The van der Waals surface area contributed by atoms with Gasteiger partial charge in [0.25, 0.3) is 0 Å². The first-order valence-electron chi connectivity index (χ1n) is 17.4. The average molecular weight is 681 g/mol. The molecule has 1 aliphatic heterocycles. The highest BCUT2D eigenvalue weighted by atomic mass is 16.5. The van der Waals surface area contributed by atoms with E-state index in [0.29, 0.717) is 40.7 Å². The van der Waals surface area contributed by atoms with E-state index in [1.54, 1.807) is 50.8 Å². The number of ether oxygens (including phenoxy) is 4. The number of rotatable bonds is 13. The lowest BCUT2D eigenvalue weighted by molar-refractivity contribution is -0.0827. The molecule has 0 radical (unpaired) electrons. The van der Waals surface area contributed by atoms with Gasteiger partial charge in [-0.2, -0.15) is 0 Å². The van der Waals surface area contributed by atoms with Crippen molar-refractivity contribution in [1.29, 1.82) is 0 Å². The van der Waals surface area contributed by atoms with E-state index >= 15 is 0 Å². The van der Waals surface area contributed by atoms with Crippen molar-refractivity contribution in [3.05, 3.63) is 99.9 Å². The number of nitrogens with one attached hydrogen (secondary N) is 1. The molecule has 0 aromatic heterocycles.